The van der Waals surface area contributed by atoms with Crippen LogP contribution in [0.5, 0.6) is 11.5 Å². The molecule has 0 saturated heterocycles. The molecule has 1 amide bonds. The predicted octanol–water partition coefficient (Wildman–Crippen LogP) is 3.02. The fourth-order valence-electron chi connectivity index (χ4n) is 2.02. The average Bonchev–Trinajstić information content (AvgIpc) is 2.65. The maximum atomic E-state index is 12.1. The van der Waals surface area contributed by atoms with Crippen LogP contribution in [0, 0.1) is 11.3 Å². The smallest absolute Gasteiger partial charge is 0.338 e. The van der Waals surface area contributed by atoms with E-state index < -0.39 is 18.5 Å². The Morgan fingerprint density at radius 2 is 1.77 bits per heavy atom. The van der Waals surface area contributed by atoms with Gasteiger partial charge in [0.15, 0.2) is 6.61 Å². The molecular weight excluding hydrogens is 360 g/mol. The minimum Gasteiger partial charge on any atom is -0.497 e. The number of hydrogen-bond donors (Lipinski definition) is 1. The van der Waals surface area contributed by atoms with Crippen LogP contribution in [0.1, 0.15) is 15.9 Å². The summed E-state index contributed by atoms with van der Waals surface area (Å²) in [6.07, 6.45) is 0. The van der Waals surface area contributed by atoms with Gasteiger partial charge in [0.2, 0.25) is 0 Å². The van der Waals surface area contributed by atoms with Crippen molar-refractivity contribution >= 4 is 29.2 Å². The first-order valence-corrected chi connectivity index (χ1v) is 7.74. The second-order valence-electron chi connectivity index (χ2n) is 5.03. The summed E-state index contributed by atoms with van der Waals surface area (Å²) in [6.45, 7) is -0.490. The minimum atomic E-state index is -0.699. The van der Waals surface area contributed by atoms with Gasteiger partial charge >= 0.3 is 5.97 Å². The largest absolute Gasteiger partial charge is 0.497 e. The molecule has 26 heavy (non-hydrogen) atoms. The second kappa shape index (κ2) is 8.74. The van der Waals surface area contributed by atoms with E-state index in [1.807, 2.05) is 6.07 Å². The summed E-state index contributed by atoms with van der Waals surface area (Å²) in [5, 5.41) is 11.6. The lowest BCUT2D eigenvalue weighted by Crippen LogP contribution is -2.21. The third-order valence-corrected chi connectivity index (χ3v) is 3.61. The third kappa shape index (κ3) is 4.88. The molecule has 0 aliphatic carbocycles. The summed E-state index contributed by atoms with van der Waals surface area (Å²) in [6, 6.07) is 10.9. The Balaban J connectivity index is 1.98. The molecule has 2 aromatic carbocycles. The van der Waals surface area contributed by atoms with Gasteiger partial charge in [-0.05, 0) is 30.3 Å². The second-order valence-corrected chi connectivity index (χ2v) is 5.44. The van der Waals surface area contributed by atoms with Crippen molar-refractivity contribution in [1.82, 2.24) is 0 Å². The Morgan fingerprint density at radius 3 is 2.31 bits per heavy atom. The molecule has 0 unspecified atom stereocenters. The van der Waals surface area contributed by atoms with Crippen LogP contribution < -0.4 is 14.8 Å². The highest BCUT2D eigenvalue weighted by molar-refractivity contribution is 6.32. The van der Waals surface area contributed by atoms with Crippen molar-refractivity contribution in [3.8, 4) is 17.6 Å². The van der Waals surface area contributed by atoms with E-state index in [0.717, 1.165) is 0 Å². The van der Waals surface area contributed by atoms with Gasteiger partial charge in [0, 0.05) is 11.8 Å². The van der Waals surface area contributed by atoms with Crippen LogP contribution in [0.4, 0.5) is 5.69 Å². The van der Waals surface area contributed by atoms with E-state index in [-0.39, 0.29) is 10.6 Å². The summed E-state index contributed by atoms with van der Waals surface area (Å²) >= 11 is 5.89. The molecule has 0 fully saturated rings. The quantitative estimate of drug-likeness (QED) is 0.780. The third-order valence-electron chi connectivity index (χ3n) is 3.29. The summed E-state index contributed by atoms with van der Waals surface area (Å²) in [4.78, 5) is 24.0. The first kappa shape index (κ1) is 19.1. The Hall–Kier alpha value is -3.24. The van der Waals surface area contributed by atoms with E-state index in [1.54, 1.807) is 6.07 Å². The van der Waals surface area contributed by atoms with Crippen LogP contribution in [0.3, 0.4) is 0 Å². The molecule has 7 nitrogen and oxygen atoms in total. The SMILES string of the molecule is COc1cc(OC)cc(C(=O)OCC(=O)Nc2ccc(C#N)c(Cl)c2)c1. The molecule has 0 aliphatic heterocycles. The molecule has 0 heterocycles. The molecule has 2 rings (SSSR count). The van der Waals surface area contributed by atoms with Gasteiger partial charge in [-0.2, -0.15) is 5.26 Å². The highest BCUT2D eigenvalue weighted by atomic mass is 35.5. The predicted molar refractivity (Wildman–Crippen MR) is 94.6 cm³/mol. The lowest BCUT2D eigenvalue weighted by molar-refractivity contribution is -0.119. The minimum absolute atomic E-state index is 0.190. The first-order valence-electron chi connectivity index (χ1n) is 7.36. The number of methoxy groups -OCH3 is 2. The highest BCUT2D eigenvalue weighted by Gasteiger charge is 2.14. The molecule has 1 N–H and O–H groups in total. The van der Waals surface area contributed by atoms with Crippen LogP contribution in [0.15, 0.2) is 36.4 Å². The molecule has 0 spiro atoms. The molecule has 0 bridgehead atoms. The van der Waals surface area contributed by atoms with Gasteiger partial charge < -0.3 is 19.5 Å². The van der Waals surface area contributed by atoms with Crippen molar-refractivity contribution in [1.29, 1.82) is 5.26 Å². The van der Waals surface area contributed by atoms with Gasteiger partial charge in [0.1, 0.15) is 17.6 Å². The van der Waals surface area contributed by atoms with E-state index in [2.05, 4.69) is 5.32 Å². The highest BCUT2D eigenvalue weighted by Crippen LogP contribution is 2.23. The molecule has 8 heteroatoms. The summed E-state index contributed by atoms with van der Waals surface area (Å²) in [5.41, 5.74) is 0.872. The number of rotatable bonds is 6. The van der Waals surface area contributed by atoms with Crippen molar-refractivity contribution in [2.75, 3.05) is 26.1 Å². The zero-order valence-corrected chi connectivity index (χ0v) is 14.8. The molecule has 134 valence electrons. The lowest BCUT2D eigenvalue weighted by atomic mass is 10.2. The summed E-state index contributed by atoms with van der Waals surface area (Å²) in [5.74, 6) is -0.398. The number of halogens is 1. The Labute approximate surface area is 155 Å². The molecular formula is C18H15ClN2O5. The van der Waals surface area contributed by atoms with Gasteiger partial charge in [-0.25, -0.2) is 4.79 Å². The number of hydrogen-bond acceptors (Lipinski definition) is 6. The summed E-state index contributed by atoms with van der Waals surface area (Å²) < 4.78 is 15.1. The van der Waals surface area contributed by atoms with E-state index in [9.17, 15) is 9.59 Å². The number of ether oxygens (including phenoxy) is 3. The fraction of sp³-hybridized carbons (Fsp3) is 0.167. The van der Waals surface area contributed by atoms with Crippen molar-refractivity contribution in [3.05, 3.63) is 52.5 Å². The molecule has 2 aromatic rings. The monoisotopic (exact) mass is 374 g/mol. The molecule has 0 radical (unpaired) electrons. The van der Waals surface area contributed by atoms with E-state index >= 15 is 0 Å². The van der Waals surface area contributed by atoms with E-state index in [1.165, 1.54) is 44.6 Å². The van der Waals surface area contributed by atoms with Crippen molar-refractivity contribution < 1.29 is 23.8 Å². The van der Waals surface area contributed by atoms with Gasteiger partial charge in [-0.15, -0.1) is 0 Å². The average molecular weight is 375 g/mol. The first-order chi connectivity index (χ1) is 12.5. The molecule has 0 saturated carbocycles. The lowest BCUT2D eigenvalue weighted by Gasteiger charge is -2.09. The van der Waals surface area contributed by atoms with E-state index in [4.69, 9.17) is 31.1 Å². The van der Waals surface area contributed by atoms with Crippen LogP contribution in [0.2, 0.25) is 5.02 Å². The number of nitrogens with one attached hydrogen (secondary N) is 1. The maximum absolute atomic E-state index is 12.1. The zero-order chi connectivity index (χ0) is 19.1. The van der Waals surface area contributed by atoms with Crippen LogP contribution in [-0.4, -0.2) is 32.7 Å². The Bertz CT molecular complexity index is 854. The topological polar surface area (TPSA) is 97.7 Å². The molecule has 0 aromatic heterocycles. The van der Waals surface area contributed by atoms with Gasteiger partial charge in [-0.1, -0.05) is 11.6 Å². The van der Waals surface area contributed by atoms with Gasteiger partial charge in [0.25, 0.3) is 5.91 Å². The van der Waals surface area contributed by atoms with E-state index in [0.29, 0.717) is 22.7 Å². The fourth-order valence-corrected chi connectivity index (χ4v) is 2.24. The zero-order valence-electron chi connectivity index (χ0n) is 14.0. The summed E-state index contributed by atoms with van der Waals surface area (Å²) in [7, 11) is 2.92. The van der Waals surface area contributed by atoms with Gasteiger partial charge in [-0.3, -0.25) is 4.79 Å². The Kier molecular flexibility index (Phi) is 6.42. The number of benzene rings is 2. The Morgan fingerprint density at radius 1 is 1.12 bits per heavy atom. The number of nitriles is 1. The number of nitrogens with zero attached hydrogens (tertiary/aromatic N) is 1. The number of carbonyl (C=O) groups excluding carboxylic acids is 2. The van der Waals surface area contributed by atoms with Crippen molar-refractivity contribution in [3.63, 3.8) is 0 Å². The number of anilines is 1. The van der Waals surface area contributed by atoms with Crippen LogP contribution in [0.25, 0.3) is 0 Å². The van der Waals surface area contributed by atoms with Crippen molar-refractivity contribution in [2.45, 2.75) is 0 Å². The van der Waals surface area contributed by atoms with Crippen LogP contribution >= 0.6 is 11.6 Å². The van der Waals surface area contributed by atoms with Crippen molar-refractivity contribution in [2.24, 2.45) is 0 Å². The molecule has 0 aliphatic rings. The van der Waals surface area contributed by atoms with Crippen LogP contribution in [-0.2, 0) is 9.53 Å². The number of esters is 1. The number of amides is 1. The van der Waals surface area contributed by atoms with Gasteiger partial charge in [0.05, 0.1) is 30.4 Å². The normalized spacial score (nSPS) is 9.77. The maximum Gasteiger partial charge on any atom is 0.338 e. The standard InChI is InChI=1S/C18H15ClN2O5/c1-24-14-5-12(6-15(8-14)25-2)18(23)26-10-17(22)21-13-4-3-11(9-20)16(19)7-13/h3-8H,10H2,1-2H3,(H,21,22). The number of carbonyl (C=O) groups is 2. The molecule has 0 atom stereocenters.